The third kappa shape index (κ3) is 3.72. The van der Waals surface area contributed by atoms with Crippen molar-refractivity contribution in [3.63, 3.8) is 0 Å². The van der Waals surface area contributed by atoms with Gasteiger partial charge in [-0.15, -0.1) is 11.3 Å². The van der Waals surface area contributed by atoms with Crippen molar-refractivity contribution in [1.82, 2.24) is 15.5 Å². The minimum atomic E-state index is -0.0550. The molecule has 0 spiro atoms. The number of hydrogen-bond acceptors (Lipinski definition) is 3. The summed E-state index contributed by atoms with van der Waals surface area (Å²) < 4.78 is 0. The second kappa shape index (κ2) is 6.74. The van der Waals surface area contributed by atoms with Crippen molar-refractivity contribution in [2.45, 2.75) is 26.8 Å². The normalized spacial score (nSPS) is 14.1. The van der Waals surface area contributed by atoms with E-state index in [2.05, 4.69) is 22.1 Å². The predicted molar refractivity (Wildman–Crippen MR) is 79.7 cm³/mol. The van der Waals surface area contributed by atoms with Crippen LogP contribution in [0, 0.1) is 5.92 Å². The minimum absolute atomic E-state index is 0.0140. The fourth-order valence-electron chi connectivity index (χ4n) is 2.09. The van der Waals surface area contributed by atoms with Gasteiger partial charge in [0.15, 0.2) is 0 Å². The molecule has 0 radical (unpaired) electrons. The van der Waals surface area contributed by atoms with E-state index in [1.807, 2.05) is 18.7 Å². The number of fused-ring (bicyclic) bond motifs is 1. The summed E-state index contributed by atoms with van der Waals surface area (Å²) in [6, 6.07) is 2.03. The summed E-state index contributed by atoms with van der Waals surface area (Å²) in [4.78, 5) is 26.6. The molecule has 2 rings (SSSR count). The number of thiophene rings is 1. The molecule has 0 atom stereocenters. The average Bonchev–Trinajstić information content (AvgIpc) is 2.90. The first-order chi connectivity index (χ1) is 9.58. The standard InChI is InChI=1S/C14H21N3O2S/c1-10(2)13(18)15-5-6-16-14(19)17-7-3-12-11(9-17)4-8-20-12/h4,8,10H,3,5-7,9H2,1-2H3,(H,15,18)(H,16,19). The second-order valence-electron chi connectivity index (χ2n) is 5.22. The first-order valence-corrected chi connectivity index (χ1v) is 7.81. The lowest BCUT2D eigenvalue weighted by Gasteiger charge is -2.27. The number of urea groups is 1. The molecule has 0 unspecified atom stereocenters. The highest BCUT2D eigenvalue weighted by molar-refractivity contribution is 7.10. The molecular formula is C14H21N3O2S. The lowest BCUT2D eigenvalue weighted by molar-refractivity contribution is -0.123. The molecular weight excluding hydrogens is 274 g/mol. The largest absolute Gasteiger partial charge is 0.354 e. The Morgan fingerprint density at radius 1 is 1.35 bits per heavy atom. The molecule has 1 aliphatic rings. The Kier molecular flexibility index (Phi) is 5.00. The van der Waals surface area contributed by atoms with Crippen LogP contribution < -0.4 is 10.6 Å². The summed E-state index contributed by atoms with van der Waals surface area (Å²) in [5.74, 6) is -0.00931. The van der Waals surface area contributed by atoms with E-state index in [1.165, 1.54) is 10.4 Å². The number of amides is 3. The molecule has 1 aliphatic heterocycles. The fourth-order valence-corrected chi connectivity index (χ4v) is 2.98. The Morgan fingerprint density at radius 2 is 2.10 bits per heavy atom. The Labute approximate surface area is 123 Å². The third-order valence-corrected chi connectivity index (χ3v) is 4.34. The maximum atomic E-state index is 12.0. The number of nitrogens with zero attached hydrogens (tertiary/aromatic N) is 1. The van der Waals surface area contributed by atoms with Crippen LogP contribution in [0.4, 0.5) is 4.79 Å². The van der Waals surface area contributed by atoms with Gasteiger partial charge < -0.3 is 15.5 Å². The highest BCUT2D eigenvalue weighted by Crippen LogP contribution is 2.23. The summed E-state index contributed by atoms with van der Waals surface area (Å²) in [7, 11) is 0. The quantitative estimate of drug-likeness (QED) is 0.829. The fraction of sp³-hybridized carbons (Fsp3) is 0.571. The molecule has 2 N–H and O–H groups in total. The zero-order chi connectivity index (χ0) is 14.5. The second-order valence-corrected chi connectivity index (χ2v) is 6.22. The maximum Gasteiger partial charge on any atom is 0.317 e. The Hall–Kier alpha value is -1.56. The lowest BCUT2D eigenvalue weighted by Crippen LogP contribution is -2.45. The van der Waals surface area contributed by atoms with Gasteiger partial charge in [0.05, 0.1) is 0 Å². The van der Waals surface area contributed by atoms with Crippen LogP contribution in [0.5, 0.6) is 0 Å². The van der Waals surface area contributed by atoms with Crippen LogP contribution in [0.25, 0.3) is 0 Å². The monoisotopic (exact) mass is 295 g/mol. The third-order valence-electron chi connectivity index (χ3n) is 3.32. The van der Waals surface area contributed by atoms with Gasteiger partial charge in [-0.25, -0.2) is 4.79 Å². The van der Waals surface area contributed by atoms with Crippen molar-refractivity contribution in [1.29, 1.82) is 0 Å². The van der Waals surface area contributed by atoms with Crippen LogP contribution in [0.3, 0.4) is 0 Å². The molecule has 2 heterocycles. The van der Waals surface area contributed by atoms with Crippen molar-refractivity contribution in [2.75, 3.05) is 19.6 Å². The highest BCUT2D eigenvalue weighted by atomic mass is 32.1. The van der Waals surface area contributed by atoms with Gasteiger partial charge in [0.1, 0.15) is 0 Å². The molecule has 20 heavy (non-hydrogen) atoms. The molecule has 0 saturated carbocycles. The van der Waals surface area contributed by atoms with Gasteiger partial charge in [-0.3, -0.25) is 4.79 Å². The van der Waals surface area contributed by atoms with Gasteiger partial charge >= 0.3 is 6.03 Å². The number of carbonyl (C=O) groups excluding carboxylic acids is 2. The topological polar surface area (TPSA) is 61.4 Å². The average molecular weight is 295 g/mol. The van der Waals surface area contributed by atoms with E-state index >= 15 is 0 Å². The first-order valence-electron chi connectivity index (χ1n) is 6.93. The molecule has 6 heteroatoms. The predicted octanol–water partition coefficient (Wildman–Crippen LogP) is 1.59. The van der Waals surface area contributed by atoms with E-state index in [0.29, 0.717) is 19.6 Å². The SMILES string of the molecule is CC(C)C(=O)NCCNC(=O)N1CCc2sccc2C1. The number of carbonyl (C=O) groups is 2. The van der Waals surface area contributed by atoms with E-state index < -0.39 is 0 Å². The van der Waals surface area contributed by atoms with E-state index in [4.69, 9.17) is 0 Å². The molecule has 1 aromatic heterocycles. The zero-order valence-electron chi connectivity index (χ0n) is 11.9. The number of rotatable bonds is 4. The van der Waals surface area contributed by atoms with E-state index in [9.17, 15) is 9.59 Å². The number of nitrogens with one attached hydrogen (secondary N) is 2. The Morgan fingerprint density at radius 3 is 2.85 bits per heavy atom. The van der Waals surface area contributed by atoms with Gasteiger partial charge in [-0.1, -0.05) is 13.8 Å². The summed E-state index contributed by atoms with van der Waals surface area (Å²) >= 11 is 1.76. The van der Waals surface area contributed by atoms with E-state index in [1.54, 1.807) is 11.3 Å². The zero-order valence-corrected chi connectivity index (χ0v) is 12.8. The van der Waals surface area contributed by atoms with E-state index in [-0.39, 0.29) is 17.9 Å². The lowest BCUT2D eigenvalue weighted by atomic mass is 10.1. The molecule has 110 valence electrons. The van der Waals surface area contributed by atoms with Gasteiger partial charge in [0.25, 0.3) is 0 Å². The molecule has 1 aromatic rings. The molecule has 0 saturated heterocycles. The summed E-state index contributed by atoms with van der Waals surface area (Å²) in [5.41, 5.74) is 1.25. The first kappa shape index (κ1) is 14.8. The van der Waals surface area contributed by atoms with Gasteiger partial charge in [-0.05, 0) is 23.4 Å². The van der Waals surface area contributed by atoms with Crippen LogP contribution in [-0.4, -0.2) is 36.5 Å². The van der Waals surface area contributed by atoms with Crippen LogP contribution in [0.15, 0.2) is 11.4 Å². The molecule has 0 aromatic carbocycles. The molecule has 3 amide bonds. The van der Waals surface area contributed by atoms with Crippen molar-refractivity contribution in [3.05, 3.63) is 21.9 Å². The molecule has 0 bridgehead atoms. The van der Waals surface area contributed by atoms with Crippen molar-refractivity contribution in [2.24, 2.45) is 5.92 Å². The Balaban J connectivity index is 1.70. The smallest absolute Gasteiger partial charge is 0.317 e. The summed E-state index contributed by atoms with van der Waals surface area (Å²) in [6.45, 7) is 6.07. The van der Waals surface area contributed by atoms with Crippen molar-refractivity contribution < 1.29 is 9.59 Å². The number of hydrogen-bond donors (Lipinski definition) is 2. The maximum absolute atomic E-state index is 12.0. The van der Waals surface area contributed by atoms with Gasteiger partial charge in [0.2, 0.25) is 5.91 Å². The van der Waals surface area contributed by atoms with Crippen LogP contribution >= 0.6 is 11.3 Å². The molecule has 5 nitrogen and oxygen atoms in total. The minimum Gasteiger partial charge on any atom is -0.354 e. The van der Waals surface area contributed by atoms with Crippen LogP contribution in [0.2, 0.25) is 0 Å². The molecule has 0 aliphatic carbocycles. The van der Waals surface area contributed by atoms with Crippen LogP contribution in [0.1, 0.15) is 24.3 Å². The van der Waals surface area contributed by atoms with Crippen LogP contribution in [-0.2, 0) is 17.8 Å². The van der Waals surface area contributed by atoms with Gasteiger partial charge in [0, 0.05) is 37.0 Å². The van der Waals surface area contributed by atoms with E-state index in [0.717, 1.165) is 13.0 Å². The van der Waals surface area contributed by atoms with Crippen molar-refractivity contribution in [3.8, 4) is 0 Å². The Bertz CT molecular complexity index is 485. The van der Waals surface area contributed by atoms with Gasteiger partial charge in [-0.2, -0.15) is 0 Å². The highest BCUT2D eigenvalue weighted by Gasteiger charge is 2.20. The summed E-state index contributed by atoms with van der Waals surface area (Å²) in [5, 5.41) is 7.70. The summed E-state index contributed by atoms with van der Waals surface area (Å²) in [6.07, 6.45) is 0.935. The van der Waals surface area contributed by atoms with Crippen molar-refractivity contribution >= 4 is 23.3 Å². The molecule has 0 fully saturated rings.